The van der Waals surface area contributed by atoms with Gasteiger partial charge in [0.2, 0.25) is 0 Å². The molecular formula is C17H13N3S. The van der Waals surface area contributed by atoms with Gasteiger partial charge in [-0.1, -0.05) is 24.3 Å². The predicted molar refractivity (Wildman–Crippen MR) is 88.7 cm³/mol. The van der Waals surface area contributed by atoms with E-state index in [1.165, 1.54) is 15.6 Å². The van der Waals surface area contributed by atoms with Gasteiger partial charge in [-0.25, -0.2) is 4.98 Å². The topological polar surface area (TPSA) is 37.8 Å². The monoisotopic (exact) mass is 291 g/mol. The molecule has 1 N–H and O–H groups in total. The third-order valence-electron chi connectivity index (χ3n) is 3.53. The van der Waals surface area contributed by atoms with Gasteiger partial charge in [0.15, 0.2) is 0 Å². The highest BCUT2D eigenvalue weighted by atomic mass is 32.1. The summed E-state index contributed by atoms with van der Waals surface area (Å²) in [6, 6.07) is 16.6. The normalized spacial score (nSPS) is 11.0. The zero-order valence-corrected chi connectivity index (χ0v) is 12.1. The zero-order chi connectivity index (χ0) is 14.1. The fourth-order valence-corrected chi connectivity index (χ4v) is 3.19. The van der Waals surface area contributed by atoms with Crippen LogP contribution in [0, 0.1) is 0 Å². The van der Waals surface area contributed by atoms with Crippen LogP contribution in [0.4, 0.5) is 5.69 Å². The van der Waals surface area contributed by atoms with Crippen molar-refractivity contribution in [3.8, 4) is 0 Å². The summed E-state index contributed by atoms with van der Waals surface area (Å²) in [5.41, 5.74) is 6.31. The SMILES string of the molecule is c1cnc2c(CNc3ccc4ncsc4c3)cccc2c1. The molecule has 0 saturated carbocycles. The van der Waals surface area contributed by atoms with Crippen LogP contribution < -0.4 is 5.32 Å². The first kappa shape index (κ1) is 12.3. The summed E-state index contributed by atoms with van der Waals surface area (Å²) < 4.78 is 1.20. The Bertz CT molecular complexity index is 909. The third kappa shape index (κ3) is 2.34. The molecule has 4 heteroatoms. The molecule has 4 aromatic rings. The van der Waals surface area contributed by atoms with E-state index in [1.807, 2.05) is 17.8 Å². The van der Waals surface area contributed by atoms with Crippen molar-refractivity contribution in [3.63, 3.8) is 0 Å². The Morgan fingerprint density at radius 2 is 1.95 bits per heavy atom. The lowest BCUT2D eigenvalue weighted by Gasteiger charge is -2.08. The van der Waals surface area contributed by atoms with E-state index in [2.05, 4.69) is 57.7 Å². The summed E-state index contributed by atoms with van der Waals surface area (Å²) in [5.74, 6) is 0. The van der Waals surface area contributed by atoms with Crippen LogP contribution in [-0.2, 0) is 6.54 Å². The maximum atomic E-state index is 4.49. The second-order valence-electron chi connectivity index (χ2n) is 4.88. The van der Waals surface area contributed by atoms with Crippen molar-refractivity contribution in [3.05, 3.63) is 65.8 Å². The maximum Gasteiger partial charge on any atom is 0.0813 e. The van der Waals surface area contributed by atoms with Gasteiger partial charge in [-0.3, -0.25) is 4.98 Å². The Balaban J connectivity index is 1.63. The second kappa shape index (κ2) is 5.14. The van der Waals surface area contributed by atoms with Gasteiger partial charge in [-0.15, -0.1) is 11.3 Å². The summed E-state index contributed by atoms with van der Waals surface area (Å²) in [6.07, 6.45) is 1.84. The molecule has 0 aliphatic rings. The molecule has 3 nitrogen and oxygen atoms in total. The van der Waals surface area contributed by atoms with Gasteiger partial charge in [0, 0.05) is 23.8 Å². The summed E-state index contributed by atoms with van der Waals surface area (Å²) in [6.45, 7) is 0.763. The highest BCUT2D eigenvalue weighted by Crippen LogP contribution is 2.23. The molecule has 4 rings (SSSR count). The molecule has 0 aliphatic carbocycles. The second-order valence-corrected chi connectivity index (χ2v) is 5.77. The van der Waals surface area contributed by atoms with E-state index in [4.69, 9.17) is 0 Å². The first-order valence-corrected chi connectivity index (χ1v) is 7.68. The van der Waals surface area contributed by atoms with E-state index in [0.717, 1.165) is 23.3 Å². The van der Waals surface area contributed by atoms with Crippen molar-refractivity contribution in [1.82, 2.24) is 9.97 Å². The van der Waals surface area contributed by atoms with Crippen LogP contribution in [0.2, 0.25) is 0 Å². The van der Waals surface area contributed by atoms with E-state index in [9.17, 15) is 0 Å². The van der Waals surface area contributed by atoms with E-state index in [1.54, 1.807) is 11.3 Å². The van der Waals surface area contributed by atoms with E-state index in [0.29, 0.717) is 0 Å². The molecule has 0 amide bonds. The van der Waals surface area contributed by atoms with Crippen molar-refractivity contribution in [1.29, 1.82) is 0 Å². The van der Waals surface area contributed by atoms with E-state index in [-0.39, 0.29) is 0 Å². The average molecular weight is 291 g/mol. The molecular weight excluding hydrogens is 278 g/mol. The van der Waals surface area contributed by atoms with Gasteiger partial charge in [-0.2, -0.15) is 0 Å². The molecule has 21 heavy (non-hydrogen) atoms. The third-order valence-corrected chi connectivity index (χ3v) is 4.32. The fourth-order valence-electron chi connectivity index (χ4n) is 2.47. The van der Waals surface area contributed by atoms with Crippen LogP contribution in [0.1, 0.15) is 5.56 Å². The Kier molecular flexibility index (Phi) is 3.01. The molecule has 102 valence electrons. The molecule has 0 saturated heterocycles. The van der Waals surface area contributed by atoms with Gasteiger partial charge in [0.25, 0.3) is 0 Å². The number of fused-ring (bicyclic) bond motifs is 2. The summed E-state index contributed by atoms with van der Waals surface area (Å²) in [4.78, 5) is 8.79. The number of aromatic nitrogens is 2. The van der Waals surface area contributed by atoms with Crippen molar-refractivity contribution in [2.75, 3.05) is 5.32 Å². The number of pyridine rings is 1. The highest BCUT2D eigenvalue weighted by molar-refractivity contribution is 7.16. The average Bonchev–Trinajstić information content (AvgIpc) is 3.00. The van der Waals surface area contributed by atoms with Gasteiger partial charge in [0.1, 0.15) is 0 Å². The molecule has 2 aromatic heterocycles. The quantitative estimate of drug-likeness (QED) is 0.605. The van der Waals surface area contributed by atoms with Crippen molar-refractivity contribution in [2.45, 2.75) is 6.54 Å². The Morgan fingerprint density at radius 3 is 2.95 bits per heavy atom. The zero-order valence-electron chi connectivity index (χ0n) is 11.3. The number of nitrogens with one attached hydrogen (secondary N) is 1. The van der Waals surface area contributed by atoms with Crippen LogP contribution in [0.5, 0.6) is 0 Å². The van der Waals surface area contributed by atoms with Crippen molar-refractivity contribution < 1.29 is 0 Å². The van der Waals surface area contributed by atoms with Gasteiger partial charge >= 0.3 is 0 Å². The van der Waals surface area contributed by atoms with E-state index >= 15 is 0 Å². The molecule has 0 atom stereocenters. The molecule has 2 heterocycles. The number of para-hydroxylation sites is 1. The van der Waals surface area contributed by atoms with Crippen LogP contribution in [-0.4, -0.2) is 9.97 Å². The number of rotatable bonds is 3. The Labute approximate surface area is 126 Å². The number of anilines is 1. The van der Waals surface area contributed by atoms with Crippen LogP contribution in [0.25, 0.3) is 21.1 Å². The molecule has 0 unspecified atom stereocenters. The minimum absolute atomic E-state index is 0.763. The lowest BCUT2D eigenvalue weighted by atomic mass is 10.1. The Hall–Kier alpha value is -2.46. The fraction of sp³-hybridized carbons (Fsp3) is 0.0588. The number of nitrogens with zero attached hydrogens (tertiary/aromatic N) is 2. The first-order chi connectivity index (χ1) is 10.4. The number of hydrogen-bond donors (Lipinski definition) is 1. The smallest absolute Gasteiger partial charge is 0.0813 e. The highest BCUT2D eigenvalue weighted by Gasteiger charge is 2.03. The van der Waals surface area contributed by atoms with Crippen LogP contribution in [0.15, 0.2) is 60.2 Å². The van der Waals surface area contributed by atoms with Gasteiger partial charge < -0.3 is 5.32 Å². The lowest BCUT2D eigenvalue weighted by molar-refractivity contribution is 1.15. The maximum absolute atomic E-state index is 4.49. The van der Waals surface area contributed by atoms with Crippen molar-refractivity contribution in [2.24, 2.45) is 0 Å². The predicted octanol–water partition coefficient (Wildman–Crippen LogP) is 4.46. The standard InChI is InChI=1S/C17H13N3S/c1-3-12-5-2-8-18-17(12)13(4-1)10-19-14-6-7-15-16(9-14)21-11-20-15/h1-9,11,19H,10H2. The number of thiazole rings is 1. The van der Waals surface area contributed by atoms with Crippen molar-refractivity contribution >= 4 is 38.1 Å². The summed E-state index contributed by atoms with van der Waals surface area (Å²) in [5, 5.41) is 4.65. The first-order valence-electron chi connectivity index (χ1n) is 6.80. The minimum atomic E-state index is 0.763. The van der Waals surface area contributed by atoms with Gasteiger partial charge in [-0.05, 0) is 29.8 Å². The molecule has 0 bridgehead atoms. The number of hydrogen-bond acceptors (Lipinski definition) is 4. The van der Waals surface area contributed by atoms with Crippen LogP contribution >= 0.6 is 11.3 Å². The molecule has 0 radical (unpaired) electrons. The minimum Gasteiger partial charge on any atom is -0.381 e. The molecule has 0 fully saturated rings. The van der Waals surface area contributed by atoms with Gasteiger partial charge in [0.05, 0.1) is 21.2 Å². The Morgan fingerprint density at radius 1 is 1.00 bits per heavy atom. The summed E-state index contributed by atoms with van der Waals surface area (Å²) >= 11 is 1.66. The molecule has 0 spiro atoms. The lowest BCUT2D eigenvalue weighted by Crippen LogP contribution is -2.00. The molecule has 2 aromatic carbocycles. The number of benzene rings is 2. The largest absolute Gasteiger partial charge is 0.381 e. The van der Waals surface area contributed by atoms with Crippen LogP contribution in [0.3, 0.4) is 0 Å². The van der Waals surface area contributed by atoms with E-state index < -0.39 is 0 Å². The summed E-state index contributed by atoms with van der Waals surface area (Å²) in [7, 11) is 0. The molecule has 0 aliphatic heterocycles.